The number of aliphatic hydroxyl groups is 1. The molecule has 3 nitrogen and oxygen atoms in total. The molecule has 0 aliphatic carbocycles. The smallest absolute Gasteiger partial charge is 0.133 e. The van der Waals surface area contributed by atoms with Crippen molar-refractivity contribution in [3.63, 3.8) is 0 Å². The van der Waals surface area contributed by atoms with Crippen LogP contribution in [-0.2, 0) is 0 Å². The molecule has 4 heteroatoms. The summed E-state index contributed by atoms with van der Waals surface area (Å²) in [4.78, 5) is 0. The minimum absolute atomic E-state index is 0.0647. The molecule has 0 aliphatic heterocycles. The maximum absolute atomic E-state index is 8.84. The SMILES string of the molecule is COc1cc([C@@H](N)CO)ccc1Br. The molecular formula is C9H12BrNO2. The summed E-state index contributed by atoms with van der Waals surface area (Å²) in [6.07, 6.45) is 0. The zero-order valence-corrected chi connectivity index (χ0v) is 8.91. The van der Waals surface area contributed by atoms with Crippen molar-refractivity contribution in [1.82, 2.24) is 0 Å². The van der Waals surface area contributed by atoms with E-state index < -0.39 is 0 Å². The van der Waals surface area contributed by atoms with Gasteiger partial charge < -0.3 is 15.6 Å². The largest absolute Gasteiger partial charge is 0.496 e. The molecule has 1 aromatic carbocycles. The molecule has 1 rings (SSSR count). The molecule has 0 fully saturated rings. The molecular weight excluding hydrogens is 234 g/mol. The molecule has 3 N–H and O–H groups in total. The van der Waals surface area contributed by atoms with Crippen LogP contribution in [0.15, 0.2) is 22.7 Å². The molecule has 1 atom stereocenters. The van der Waals surface area contributed by atoms with Crippen LogP contribution in [0.5, 0.6) is 5.75 Å². The molecule has 0 bridgehead atoms. The Hall–Kier alpha value is -0.580. The van der Waals surface area contributed by atoms with E-state index in [2.05, 4.69) is 15.9 Å². The average molecular weight is 246 g/mol. The normalized spacial score (nSPS) is 12.6. The zero-order chi connectivity index (χ0) is 9.84. The maximum atomic E-state index is 8.84. The fourth-order valence-electron chi connectivity index (χ4n) is 1.01. The first-order valence-electron chi connectivity index (χ1n) is 3.89. The number of hydrogen-bond donors (Lipinski definition) is 2. The Morgan fingerprint density at radius 3 is 2.85 bits per heavy atom. The number of ether oxygens (including phenoxy) is 1. The number of aliphatic hydroxyl groups excluding tert-OH is 1. The van der Waals surface area contributed by atoms with Crippen molar-refractivity contribution in [3.8, 4) is 5.75 Å². The summed E-state index contributed by atoms with van der Waals surface area (Å²) < 4.78 is 5.97. The van der Waals surface area contributed by atoms with E-state index in [1.165, 1.54) is 0 Å². The Morgan fingerprint density at radius 1 is 1.62 bits per heavy atom. The van der Waals surface area contributed by atoms with Gasteiger partial charge in [-0.15, -0.1) is 0 Å². The number of nitrogens with two attached hydrogens (primary N) is 1. The second-order valence-electron chi connectivity index (χ2n) is 2.68. The fourth-order valence-corrected chi connectivity index (χ4v) is 1.42. The van der Waals surface area contributed by atoms with Gasteiger partial charge in [0.25, 0.3) is 0 Å². The molecule has 0 amide bonds. The standard InChI is InChI=1S/C9H12BrNO2/c1-13-9-4-6(8(11)5-12)2-3-7(9)10/h2-4,8,12H,5,11H2,1H3/t8-/m0/s1. The third kappa shape index (κ3) is 2.43. The Balaban J connectivity index is 2.99. The van der Waals surface area contributed by atoms with E-state index in [1.54, 1.807) is 7.11 Å². The van der Waals surface area contributed by atoms with Gasteiger partial charge in [-0.25, -0.2) is 0 Å². The summed E-state index contributed by atoms with van der Waals surface area (Å²) in [5.74, 6) is 0.724. The first-order chi connectivity index (χ1) is 6.19. The van der Waals surface area contributed by atoms with Gasteiger partial charge in [0, 0.05) is 0 Å². The molecule has 72 valence electrons. The zero-order valence-electron chi connectivity index (χ0n) is 7.33. The highest BCUT2D eigenvalue weighted by atomic mass is 79.9. The van der Waals surface area contributed by atoms with Crippen LogP contribution >= 0.6 is 15.9 Å². The van der Waals surface area contributed by atoms with Crippen LogP contribution in [0.2, 0.25) is 0 Å². The molecule has 1 aromatic rings. The lowest BCUT2D eigenvalue weighted by Gasteiger charge is -2.10. The van der Waals surface area contributed by atoms with Crippen molar-refractivity contribution in [2.45, 2.75) is 6.04 Å². The third-order valence-corrected chi connectivity index (χ3v) is 2.46. The van der Waals surface area contributed by atoms with E-state index in [0.717, 1.165) is 15.8 Å². The van der Waals surface area contributed by atoms with Crippen molar-refractivity contribution in [1.29, 1.82) is 0 Å². The number of methoxy groups -OCH3 is 1. The molecule has 0 saturated heterocycles. The third-order valence-electron chi connectivity index (χ3n) is 1.80. The monoisotopic (exact) mass is 245 g/mol. The van der Waals surface area contributed by atoms with Crippen LogP contribution in [0.4, 0.5) is 0 Å². The van der Waals surface area contributed by atoms with Crippen LogP contribution < -0.4 is 10.5 Å². The number of benzene rings is 1. The maximum Gasteiger partial charge on any atom is 0.133 e. The van der Waals surface area contributed by atoms with E-state index in [4.69, 9.17) is 15.6 Å². The van der Waals surface area contributed by atoms with Crippen molar-refractivity contribution < 1.29 is 9.84 Å². The van der Waals surface area contributed by atoms with E-state index in [-0.39, 0.29) is 12.6 Å². The highest BCUT2D eigenvalue weighted by Crippen LogP contribution is 2.27. The Morgan fingerprint density at radius 2 is 2.31 bits per heavy atom. The molecule has 0 radical (unpaired) electrons. The lowest BCUT2D eigenvalue weighted by atomic mass is 10.1. The van der Waals surface area contributed by atoms with Crippen LogP contribution in [-0.4, -0.2) is 18.8 Å². The summed E-state index contributed by atoms with van der Waals surface area (Å²) in [6, 6.07) is 5.17. The summed E-state index contributed by atoms with van der Waals surface area (Å²) in [7, 11) is 1.59. The molecule has 0 aliphatic rings. The quantitative estimate of drug-likeness (QED) is 0.848. The highest BCUT2D eigenvalue weighted by Gasteiger charge is 2.07. The van der Waals surface area contributed by atoms with E-state index in [0.29, 0.717) is 0 Å². The van der Waals surface area contributed by atoms with Crippen LogP contribution in [0.1, 0.15) is 11.6 Å². The van der Waals surface area contributed by atoms with Crippen LogP contribution in [0, 0.1) is 0 Å². The van der Waals surface area contributed by atoms with Gasteiger partial charge >= 0.3 is 0 Å². The fraction of sp³-hybridized carbons (Fsp3) is 0.333. The molecule has 0 spiro atoms. The van der Waals surface area contributed by atoms with Gasteiger partial charge in [-0.2, -0.15) is 0 Å². The average Bonchev–Trinajstić information content (AvgIpc) is 2.17. The predicted octanol–water partition coefficient (Wildman–Crippen LogP) is 1.45. The van der Waals surface area contributed by atoms with E-state index in [1.807, 2.05) is 18.2 Å². The van der Waals surface area contributed by atoms with Crippen molar-refractivity contribution in [2.24, 2.45) is 5.73 Å². The predicted molar refractivity (Wildman–Crippen MR) is 54.7 cm³/mol. The lowest BCUT2D eigenvalue weighted by Crippen LogP contribution is -2.14. The van der Waals surface area contributed by atoms with Gasteiger partial charge in [0.2, 0.25) is 0 Å². The second-order valence-corrected chi connectivity index (χ2v) is 3.54. The summed E-state index contributed by atoms with van der Waals surface area (Å²) in [5.41, 5.74) is 6.51. The van der Waals surface area contributed by atoms with Gasteiger partial charge in [0.15, 0.2) is 0 Å². The van der Waals surface area contributed by atoms with E-state index in [9.17, 15) is 0 Å². The van der Waals surface area contributed by atoms with E-state index >= 15 is 0 Å². The topological polar surface area (TPSA) is 55.5 Å². The minimum atomic E-state index is -0.345. The summed E-state index contributed by atoms with van der Waals surface area (Å²) in [5, 5.41) is 8.84. The first-order valence-corrected chi connectivity index (χ1v) is 4.68. The highest BCUT2D eigenvalue weighted by molar-refractivity contribution is 9.10. The molecule has 0 saturated carbocycles. The van der Waals surface area contributed by atoms with Crippen molar-refractivity contribution >= 4 is 15.9 Å². The summed E-state index contributed by atoms with van der Waals surface area (Å²) in [6.45, 7) is -0.0647. The Kier molecular flexibility index (Phi) is 3.71. The van der Waals surface area contributed by atoms with Crippen LogP contribution in [0.3, 0.4) is 0 Å². The van der Waals surface area contributed by atoms with Gasteiger partial charge in [-0.05, 0) is 33.6 Å². The van der Waals surface area contributed by atoms with Gasteiger partial charge in [-0.3, -0.25) is 0 Å². The van der Waals surface area contributed by atoms with Gasteiger partial charge in [-0.1, -0.05) is 6.07 Å². The van der Waals surface area contributed by atoms with Crippen molar-refractivity contribution in [2.75, 3.05) is 13.7 Å². The molecule has 0 unspecified atom stereocenters. The Labute approximate surface area is 85.6 Å². The van der Waals surface area contributed by atoms with Gasteiger partial charge in [0.05, 0.1) is 24.2 Å². The minimum Gasteiger partial charge on any atom is -0.496 e. The molecule has 0 heterocycles. The second kappa shape index (κ2) is 4.60. The number of hydrogen-bond acceptors (Lipinski definition) is 3. The first kappa shape index (κ1) is 10.5. The Bertz CT molecular complexity index is 291. The van der Waals surface area contributed by atoms with Crippen molar-refractivity contribution in [3.05, 3.63) is 28.2 Å². The number of halogens is 1. The molecule has 13 heavy (non-hydrogen) atoms. The number of rotatable bonds is 3. The molecule has 0 aromatic heterocycles. The van der Waals surface area contributed by atoms with Crippen LogP contribution in [0.25, 0.3) is 0 Å². The summed E-state index contributed by atoms with van der Waals surface area (Å²) >= 11 is 3.33. The van der Waals surface area contributed by atoms with Gasteiger partial charge in [0.1, 0.15) is 5.75 Å². The lowest BCUT2D eigenvalue weighted by molar-refractivity contribution is 0.267.